The predicted octanol–water partition coefficient (Wildman–Crippen LogP) is 2.85. The van der Waals surface area contributed by atoms with E-state index in [0.29, 0.717) is 24.0 Å². The number of furan rings is 1. The summed E-state index contributed by atoms with van der Waals surface area (Å²) in [6.45, 7) is 2.34. The minimum Gasteiger partial charge on any atom is -0.453 e. The fraction of sp³-hybridized carbons (Fsp3) is 0.154. The Hall–Kier alpha value is -2.07. The van der Waals surface area contributed by atoms with Crippen LogP contribution >= 0.6 is 0 Å². The number of nitrogens with zero attached hydrogens (tertiary/aromatic N) is 1. The molecule has 1 aromatic carbocycles. The highest BCUT2D eigenvalue weighted by Gasteiger charge is 2.10. The Kier molecular flexibility index (Phi) is 2.23. The van der Waals surface area contributed by atoms with Gasteiger partial charge in [-0.3, -0.25) is 0 Å². The van der Waals surface area contributed by atoms with Gasteiger partial charge < -0.3 is 14.6 Å². The number of hydrogen-bond acceptors (Lipinski definition) is 4. The topological polar surface area (TPSA) is 65.2 Å². The fourth-order valence-corrected chi connectivity index (χ4v) is 1.80. The van der Waals surface area contributed by atoms with Gasteiger partial charge in [-0.2, -0.15) is 0 Å². The zero-order chi connectivity index (χ0) is 11.8. The summed E-state index contributed by atoms with van der Waals surface area (Å²) in [6.07, 6.45) is 1.63. The van der Waals surface area contributed by atoms with Crippen molar-refractivity contribution in [3.63, 3.8) is 0 Å². The molecular weight excluding hydrogens is 216 g/mol. The third kappa shape index (κ3) is 1.72. The van der Waals surface area contributed by atoms with Crippen LogP contribution in [-0.4, -0.2) is 4.98 Å². The largest absolute Gasteiger partial charge is 0.453 e. The predicted molar refractivity (Wildman–Crippen MR) is 64.3 cm³/mol. The van der Waals surface area contributed by atoms with Crippen molar-refractivity contribution >= 4 is 11.0 Å². The quantitative estimate of drug-likeness (QED) is 0.732. The van der Waals surface area contributed by atoms with Crippen LogP contribution in [0.25, 0.3) is 22.5 Å². The summed E-state index contributed by atoms with van der Waals surface area (Å²) in [5.41, 5.74) is 7.49. The van der Waals surface area contributed by atoms with Gasteiger partial charge in [-0.25, -0.2) is 4.98 Å². The van der Waals surface area contributed by atoms with Crippen LogP contribution in [0.4, 0.5) is 0 Å². The average Bonchev–Trinajstić information content (AvgIpc) is 2.93. The molecule has 2 N–H and O–H groups in total. The van der Waals surface area contributed by atoms with Gasteiger partial charge >= 0.3 is 0 Å². The van der Waals surface area contributed by atoms with E-state index in [0.717, 1.165) is 11.0 Å². The van der Waals surface area contributed by atoms with Crippen molar-refractivity contribution in [1.82, 2.24) is 4.98 Å². The summed E-state index contributed by atoms with van der Waals surface area (Å²) in [4.78, 5) is 4.05. The van der Waals surface area contributed by atoms with Gasteiger partial charge in [0.1, 0.15) is 5.58 Å². The third-order valence-corrected chi connectivity index (χ3v) is 2.64. The number of aromatic nitrogens is 1. The van der Waals surface area contributed by atoms with E-state index in [4.69, 9.17) is 14.6 Å². The summed E-state index contributed by atoms with van der Waals surface area (Å²) in [6, 6.07) is 7.99. The molecule has 0 radical (unpaired) electrons. The highest BCUT2D eigenvalue weighted by molar-refractivity contribution is 5.82. The van der Waals surface area contributed by atoms with Crippen LogP contribution in [0.3, 0.4) is 0 Å². The van der Waals surface area contributed by atoms with Gasteiger partial charge in [0.05, 0.1) is 12.7 Å². The molecule has 3 aromatic rings. The van der Waals surface area contributed by atoms with Crippen molar-refractivity contribution in [3.8, 4) is 11.5 Å². The summed E-state index contributed by atoms with van der Waals surface area (Å²) in [5, 5.41) is 1.06. The molecule has 0 atom stereocenters. The lowest BCUT2D eigenvalue weighted by Crippen LogP contribution is -1.94. The van der Waals surface area contributed by atoms with E-state index in [1.54, 1.807) is 6.20 Å². The lowest BCUT2D eigenvalue weighted by molar-refractivity contribution is 0.491. The molecule has 0 bridgehead atoms. The molecule has 2 aromatic heterocycles. The maximum Gasteiger partial charge on any atom is 0.208 e. The summed E-state index contributed by atoms with van der Waals surface area (Å²) in [5.74, 6) is 1.80. The fourth-order valence-electron chi connectivity index (χ4n) is 1.80. The molecule has 3 rings (SSSR count). The van der Waals surface area contributed by atoms with Gasteiger partial charge in [0.2, 0.25) is 5.89 Å². The molecule has 0 unspecified atom stereocenters. The molecule has 86 valence electrons. The SMILES string of the molecule is Cc1ccc2oc(-c3cnc(CN)o3)cc2c1. The molecule has 17 heavy (non-hydrogen) atoms. The van der Waals surface area contributed by atoms with Crippen LogP contribution in [0.15, 0.2) is 39.3 Å². The molecule has 0 aliphatic rings. The van der Waals surface area contributed by atoms with E-state index in [1.807, 2.05) is 25.1 Å². The van der Waals surface area contributed by atoms with Crippen molar-refractivity contribution < 1.29 is 8.83 Å². The molecule has 0 spiro atoms. The number of benzene rings is 1. The maximum atomic E-state index is 5.69. The Labute approximate surface area is 98.0 Å². The number of fused-ring (bicyclic) bond motifs is 1. The molecule has 0 aliphatic carbocycles. The Morgan fingerprint density at radius 2 is 2.06 bits per heavy atom. The van der Waals surface area contributed by atoms with Crippen molar-refractivity contribution in [3.05, 3.63) is 41.9 Å². The molecule has 2 heterocycles. The van der Waals surface area contributed by atoms with Gasteiger partial charge in [-0.15, -0.1) is 0 Å². The van der Waals surface area contributed by atoms with Crippen molar-refractivity contribution in [2.24, 2.45) is 5.73 Å². The van der Waals surface area contributed by atoms with Gasteiger partial charge in [0, 0.05) is 5.39 Å². The highest BCUT2D eigenvalue weighted by atomic mass is 16.4. The standard InChI is InChI=1S/C13H12N2O2/c1-8-2-3-10-9(4-8)5-11(16-10)12-7-15-13(6-14)17-12/h2-5,7H,6,14H2,1H3. The second-order valence-corrected chi connectivity index (χ2v) is 3.97. The first-order valence-electron chi connectivity index (χ1n) is 5.41. The van der Waals surface area contributed by atoms with E-state index in [9.17, 15) is 0 Å². The molecule has 0 amide bonds. The van der Waals surface area contributed by atoms with E-state index in [-0.39, 0.29) is 0 Å². The van der Waals surface area contributed by atoms with Crippen LogP contribution in [0, 0.1) is 6.92 Å². The van der Waals surface area contributed by atoms with Gasteiger partial charge in [-0.1, -0.05) is 11.6 Å². The van der Waals surface area contributed by atoms with E-state index in [2.05, 4.69) is 11.1 Å². The molecule has 0 aliphatic heterocycles. The number of oxazole rings is 1. The molecule has 0 fully saturated rings. The van der Waals surface area contributed by atoms with Gasteiger partial charge in [0.15, 0.2) is 11.5 Å². The molecule has 0 saturated carbocycles. The minimum absolute atomic E-state index is 0.291. The van der Waals surface area contributed by atoms with Gasteiger partial charge in [0.25, 0.3) is 0 Å². The van der Waals surface area contributed by atoms with Crippen LogP contribution in [0.1, 0.15) is 11.5 Å². The number of rotatable bonds is 2. The van der Waals surface area contributed by atoms with Crippen molar-refractivity contribution in [2.75, 3.05) is 0 Å². The lowest BCUT2D eigenvalue weighted by atomic mass is 10.2. The zero-order valence-electron chi connectivity index (χ0n) is 9.43. The minimum atomic E-state index is 0.291. The molecular formula is C13H12N2O2. The zero-order valence-corrected chi connectivity index (χ0v) is 9.43. The summed E-state index contributed by atoms with van der Waals surface area (Å²) >= 11 is 0. The lowest BCUT2D eigenvalue weighted by Gasteiger charge is -1.89. The Morgan fingerprint density at radius 3 is 2.82 bits per heavy atom. The van der Waals surface area contributed by atoms with Crippen LogP contribution < -0.4 is 5.73 Å². The second kappa shape index (κ2) is 3.75. The Balaban J connectivity index is 2.11. The smallest absolute Gasteiger partial charge is 0.208 e. The molecule has 4 heteroatoms. The summed E-state index contributed by atoms with van der Waals surface area (Å²) in [7, 11) is 0. The van der Waals surface area contributed by atoms with E-state index < -0.39 is 0 Å². The van der Waals surface area contributed by atoms with Crippen molar-refractivity contribution in [2.45, 2.75) is 13.5 Å². The average molecular weight is 228 g/mol. The first-order valence-corrected chi connectivity index (χ1v) is 5.41. The monoisotopic (exact) mass is 228 g/mol. The van der Waals surface area contributed by atoms with Crippen LogP contribution in [0.2, 0.25) is 0 Å². The van der Waals surface area contributed by atoms with Crippen molar-refractivity contribution in [1.29, 1.82) is 0 Å². The summed E-state index contributed by atoms with van der Waals surface area (Å²) < 4.78 is 11.1. The van der Waals surface area contributed by atoms with Gasteiger partial charge in [-0.05, 0) is 25.1 Å². The van der Waals surface area contributed by atoms with E-state index >= 15 is 0 Å². The number of nitrogens with two attached hydrogens (primary N) is 1. The normalized spacial score (nSPS) is 11.2. The van der Waals surface area contributed by atoms with Crippen LogP contribution in [0.5, 0.6) is 0 Å². The second-order valence-electron chi connectivity index (χ2n) is 3.97. The number of aryl methyl sites for hydroxylation is 1. The Morgan fingerprint density at radius 1 is 1.18 bits per heavy atom. The maximum absolute atomic E-state index is 5.69. The first kappa shape index (κ1) is 10.1. The number of hydrogen-bond donors (Lipinski definition) is 1. The first-order chi connectivity index (χ1) is 8.26. The van der Waals surface area contributed by atoms with E-state index in [1.165, 1.54) is 5.56 Å². The van der Waals surface area contributed by atoms with Crippen LogP contribution in [-0.2, 0) is 6.54 Å². The Bertz CT molecular complexity index is 667. The molecule has 4 nitrogen and oxygen atoms in total. The third-order valence-electron chi connectivity index (χ3n) is 2.64. The molecule has 0 saturated heterocycles. The highest BCUT2D eigenvalue weighted by Crippen LogP contribution is 2.28.